The molecule has 4 bridgehead atoms. The molecule has 0 spiro atoms. The average molecular weight is 1160 g/mol. The van der Waals surface area contributed by atoms with Gasteiger partial charge in [-0.05, 0) is 237 Å². The second-order valence-corrected chi connectivity index (χ2v) is 41.5. The Balaban J connectivity index is 0.000000357. The summed E-state index contributed by atoms with van der Waals surface area (Å²) in [6.45, 7) is 83.5. The Morgan fingerprint density at radius 2 is 0.723 bits per heavy atom. The fourth-order valence-electron chi connectivity index (χ4n) is 16.8. The van der Waals surface area contributed by atoms with Crippen molar-refractivity contribution in [2.45, 2.75) is 387 Å². The molecule has 1 aromatic carbocycles. The third-order valence-electron chi connectivity index (χ3n) is 22.4. The fraction of sp³-hybridized carbons (Fsp3) is 0.928. The summed E-state index contributed by atoms with van der Waals surface area (Å²) in [5.74, 6) is 12.1. The van der Waals surface area contributed by atoms with Crippen LogP contribution in [0.5, 0.6) is 0 Å². The predicted molar refractivity (Wildman–Crippen MR) is 379 cm³/mol. The number of benzene rings is 1. The van der Waals surface area contributed by atoms with Crippen molar-refractivity contribution >= 4 is 0 Å². The quantitative estimate of drug-likeness (QED) is 0.255. The molecule has 0 aromatic heterocycles. The first kappa shape index (κ1) is 78.3. The molecule has 0 saturated heterocycles. The largest absolute Gasteiger partial charge is 0.0651 e. The minimum atomic E-state index is 0.204. The average Bonchev–Trinajstić information content (AvgIpc) is 3.25. The minimum absolute atomic E-state index is 0.204. The van der Waals surface area contributed by atoms with Crippen LogP contribution in [0.4, 0.5) is 0 Å². The summed E-state index contributed by atoms with van der Waals surface area (Å²) in [7, 11) is 0. The van der Waals surface area contributed by atoms with Gasteiger partial charge in [0.15, 0.2) is 0 Å². The molecule has 0 amide bonds. The van der Waals surface area contributed by atoms with Crippen LogP contribution >= 0.6 is 0 Å². The molecule has 7 fully saturated rings. The fourth-order valence-corrected chi connectivity index (χ4v) is 16.8. The zero-order valence-electron chi connectivity index (χ0n) is 64.1. The molecule has 0 heteroatoms. The van der Waals surface area contributed by atoms with E-state index in [-0.39, 0.29) is 10.8 Å². The molecule has 0 N–H and O–H groups in total. The number of hydrogen-bond donors (Lipinski definition) is 0. The van der Waals surface area contributed by atoms with E-state index in [0.29, 0.717) is 55.2 Å². The smallest absolute Gasteiger partial charge is 0.0126 e. The van der Waals surface area contributed by atoms with Crippen molar-refractivity contribution in [1.29, 1.82) is 0 Å². The van der Waals surface area contributed by atoms with E-state index in [2.05, 4.69) is 254 Å². The molecule has 3 unspecified atom stereocenters. The molecule has 0 aliphatic heterocycles. The Labute approximate surface area is 527 Å². The number of rotatable bonds is 7. The standard InChI is InChI=1S/C20H34.C19H36.C15H28.C15H32.C14H28/c1-13(2)16-11-15(19(5,6)7)12-17(14(3)4)18(16)20(8,9)10;1-18(2,3)16-10-14-8-7-9-15(11-16)13-17(12-14)19(4,5)6;1-14(2,3)12-8-10-7-11(9-12)13(10)15(4,5)6;1-8-13(12-15(5,6)7)10-9-11-14(2,3)4;1-13(2,3)11-7-9-12(10-8-11)14(4,5)6/h11-14H,1-10H3;14-17H,7-13H2,1-6H3;10-13H,7-9H2,1-6H3;13H,8-12H2,1-7H3;11-12H,7-10H2,1-6H3. The summed E-state index contributed by atoms with van der Waals surface area (Å²) < 4.78 is 0. The van der Waals surface area contributed by atoms with Gasteiger partial charge < -0.3 is 0 Å². The summed E-state index contributed by atoms with van der Waals surface area (Å²) in [6.07, 6.45) is 27.8. The monoisotopic (exact) mass is 1160 g/mol. The third-order valence-corrected chi connectivity index (χ3v) is 22.4. The van der Waals surface area contributed by atoms with Gasteiger partial charge in [-0.25, -0.2) is 0 Å². The zero-order chi connectivity index (χ0) is 64.7. The summed E-state index contributed by atoms with van der Waals surface area (Å²) in [4.78, 5) is 0. The van der Waals surface area contributed by atoms with Crippen molar-refractivity contribution < 1.29 is 0 Å². The van der Waals surface area contributed by atoms with E-state index in [4.69, 9.17) is 0 Å². The first-order chi connectivity index (χ1) is 37.1. The van der Waals surface area contributed by atoms with E-state index in [0.717, 1.165) is 65.1 Å². The number of fused-ring (bicyclic) bond motifs is 8. The van der Waals surface area contributed by atoms with Crippen molar-refractivity contribution in [1.82, 2.24) is 0 Å². The van der Waals surface area contributed by atoms with Crippen molar-refractivity contribution in [3.63, 3.8) is 0 Å². The molecular formula is C83H158. The highest BCUT2D eigenvalue weighted by Gasteiger charge is 2.53. The maximum absolute atomic E-state index is 2.47. The van der Waals surface area contributed by atoms with Gasteiger partial charge in [-0.2, -0.15) is 0 Å². The normalized spacial score (nSPS) is 27.2. The summed E-state index contributed by atoms with van der Waals surface area (Å²) >= 11 is 0. The van der Waals surface area contributed by atoms with Gasteiger partial charge in [0.2, 0.25) is 0 Å². The third kappa shape index (κ3) is 27.1. The Morgan fingerprint density at radius 1 is 0.386 bits per heavy atom. The second kappa shape index (κ2) is 30.4. The number of hydrogen-bond acceptors (Lipinski definition) is 0. The lowest BCUT2D eigenvalue weighted by Gasteiger charge is -2.59. The zero-order valence-corrected chi connectivity index (χ0v) is 64.1. The van der Waals surface area contributed by atoms with Gasteiger partial charge in [-0.1, -0.05) is 293 Å². The van der Waals surface area contributed by atoms with Crippen molar-refractivity contribution in [3.05, 3.63) is 34.4 Å². The highest BCUT2D eigenvalue weighted by Crippen LogP contribution is 2.61. The van der Waals surface area contributed by atoms with Crippen LogP contribution < -0.4 is 0 Å². The Hall–Kier alpha value is -0.780. The van der Waals surface area contributed by atoms with Crippen LogP contribution in [0, 0.1) is 108 Å². The Morgan fingerprint density at radius 3 is 0.976 bits per heavy atom. The SMILES string of the molecule is CC(C)(C)C1CC2CC(C1)C2C(C)(C)C.CC(C)(C)C1CC2CCCC(C1)CC(C(C)(C)C)C2.CC(C)(C)C1CCC(C(C)(C)C)CC1.CC(C)c1cc(C(C)(C)C)cc(C(C)C)c1C(C)(C)C.CCC(CCCC(C)(C)C)CC(C)(C)C. The molecule has 0 nitrogen and oxygen atoms in total. The lowest BCUT2D eigenvalue weighted by Crippen LogP contribution is -2.51. The summed E-state index contributed by atoms with van der Waals surface area (Å²) in [5, 5.41) is 0. The van der Waals surface area contributed by atoms with Crippen LogP contribution in [-0.2, 0) is 10.8 Å². The van der Waals surface area contributed by atoms with Gasteiger partial charge >= 0.3 is 0 Å². The molecule has 3 atom stereocenters. The predicted octanol–water partition coefficient (Wildman–Crippen LogP) is 28.1. The first-order valence-electron chi connectivity index (χ1n) is 36.2. The molecule has 0 radical (unpaired) electrons. The van der Waals surface area contributed by atoms with Crippen molar-refractivity contribution in [2.24, 2.45) is 108 Å². The Bertz CT molecular complexity index is 1860. The highest BCUT2D eigenvalue weighted by atomic mass is 14.6. The van der Waals surface area contributed by atoms with Gasteiger partial charge in [0.05, 0.1) is 0 Å². The molecular weight excluding hydrogens is 997 g/mol. The van der Waals surface area contributed by atoms with Crippen LogP contribution in [0.2, 0.25) is 0 Å². The lowest BCUT2D eigenvalue weighted by atomic mass is 9.46. The van der Waals surface area contributed by atoms with Gasteiger partial charge in [-0.15, -0.1) is 0 Å². The molecule has 1 aromatic rings. The van der Waals surface area contributed by atoms with Crippen molar-refractivity contribution in [2.75, 3.05) is 0 Å². The molecule has 8 rings (SSSR count). The highest BCUT2D eigenvalue weighted by molar-refractivity contribution is 5.48. The van der Waals surface area contributed by atoms with Crippen LogP contribution in [0.25, 0.3) is 0 Å². The van der Waals surface area contributed by atoms with E-state index in [1.54, 1.807) is 5.56 Å². The minimum Gasteiger partial charge on any atom is -0.0651 e. The van der Waals surface area contributed by atoms with Gasteiger partial charge in [0.25, 0.3) is 0 Å². The van der Waals surface area contributed by atoms with Crippen LogP contribution in [0.1, 0.15) is 398 Å². The van der Waals surface area contributed by atoms with E-state index in [1.807, 2.05) is 0 Å². The van der Waals surface area contributed by atoms with Gasteiger partial charge in [0, 0.05) is 0 Å². The summed E-state index contributed by atoms with van der Waals surface area (Å²) in [6, 6.07) is 4.91. The topological polar surface area (TPSA) is 0 Å². The lowest BCUT2D eigenvalue weighted by molar-refractivity contribution is -0.101. The second-order valence-electron chi connectivity index (χ2n) is 41.5. The summed E-state index contributed by atoms with van der Waals surface area (Å²) in [5.41, 5.74) is 10.7. The molecule has 7 aliphatic rings. The van der Waals surface area contributed by atoms with Crippen LogP contribution in [0.3, 0.4) is 0 Å². The Kier molecular flexibility index (Phi) is 28.6. The van der Waals surface area contributed by atoms with Crippen LogP contribution in [-0.4, -0.2) is 0 Å². The van der Waals surface area contributed by atoms with E-state index >= 15 is 0 Å². The first-order valence-corrected chi connectivity index (χ1v) is 36.2. The molecule has 0 heterocycles. The van der Waals surface area contributed by atoms with Gasteiger partial charge in [-0.3, -0.25) is 0 Å². The van der Waals surface area contributed by atoms with Crippen LogP contribution in [0.15, 0.2) is 12.1 Å². The van der Waals surface area contributed by atoms with Gasteiger partial charge in [0.1, 0.15) is 0 Å². The maximum atomic E-state index is 2.47. The molecule has 7 aliphatic carbocycles. The molecule has 83 heavy (non-hydrogen) atoms. The molecule has 490 valence electrons. The van der Waals surface area contributed by atoms with Crippen molar-refractivity contribution in [3.8, 4) is 0 Å². The van der Waals surface area contributed by atoms with E-state index < -0.39 is 0 Å². The van der Waals surface area contributed by atoms with E-state index in [1.165, 1.54) is 139 Å². The maximum Gasteiger partial charge on any atom is -0.0126 e. The molecule has 7 saturated carbocycles. The van der Waals surface area contributed by atoms with E-state index in [9.17, 15) is 0 Å².